The summed E-state index contributed by atoms with van der Waals surface area (Å²) in [5.74, 6) is -0.515. The molecule has 2 aromatic carbocycles. The van der Waals surface area contributed by atoms with E-state index in [4.69, 9.17) is 14.9 Å². The fourth-order valence-electron chi connectivity index (χ4n) is 1.67. The lowest BCUT2D eigenvalue weighted by Crippen LogP contribution is -2.04. The first-order chi connectivity index (χ1) is 8.22. The summed E-state index contributed by atoms with van der Waals surface area (Å²) in [6.07, 6.45) is 0. The average molecular weight is 232 g/mol. The SMILES string of the molecule is O=C(O)c1cc(OCCO)c2ccccc2c1. The summed E-state index contributed by atoms with van der Waals surface area (Å²) in [4.78, 5) is 11.0. The summed E-state index contributed by atoms with van der Waals surface area (Å²) in [6, 6.07) is 10.4. The summed E-state index contributed by atoms with van der Waals surface area (Å²) < 4.78 is 5.35. The number of aromatic carboxylic acids is 1. The second-order valence-corrected chi connectivity index (χ2v) is 3.57. The van der Waals surface area contributed by atoms with Crippen LogP contribution in [-0.4, -0.2) is 29.4 Å². The lowest BCUT2D eigenvalue weighted by molar-refractivity contribution is 0.0696. The first-order valence-corrected chi connectivity index (χ1v) is 5.22. The molecule has 2 rings (SSSR count). The second-order valence-electron chi connectivity index (χ2n) is 3.57. The molecule has 2 N–H and O–H groups in total. The van der Waals surface area contributed by atoms with Crippen molar-refractivity contribution in [3.8, 4) is 5.75 Å². The molecule has 4 nitrogen and oxygen atoms in total. The number of aliphatic hydroxyl groups excluding tert-OH is 1. The van der Waals surface area contributed by atoms with Gasteiger partial charge in [0.25, 0.3) is 0 Å². The third-order valence-electron chi connectivity index (χ3n) is 2.42. The molecule has 0 saturated carbocycles. The monoisotopic (exact) mass is 232 g/mol. The van der Waals surface area contributed by atoms with Crippen LogP contribution in [0.15, 0.2) is 36.4 Å². The van der Waals surface area contributed by atoms with E-state index >= 15 is 0 Å². The molecule has 0 radical (unpaired) electrons. The van der Waals surface area contributed by atoms with Crippen molar-refractivity contribution >= 4 is 16.7 Å². The number of hydrogen-bond donors (Lipinski definition) is 2. The van der Waals surface area contributed by atoms with Crippen molar-refractivity contribution in [1.82, 2.24) is 0 Å². The summed E-state index contributed by atoms with van der Waals surface area (Å²) in [5.41, 5.74) is 0.177. The molecule has 0 aliphatic heterocycles. The van der Waals surface area contributed by atoms with E-state index in [9.17, 15) is 4.79 Å². The van der Waals surface area contributed by atoms with Crippen LogP contribution in [-0.2, 0) is 0 Å². The number of fused-ring (bicyclic) bond motifs is 1. The Morgan fingerprint density at radius 2 is 2.00 bits per heavy atom. The standard InChI is InChI=1S/C13H12O4/c14-5-6-17-12-8-10(13(15)16)7-9-3-1-2-4-11(9)12/h1-4,7-8,14H,5-6H2,(H,15,16). The van der Waals surface area contributed by atoms with E-state index in [-0.39, 0.29) is 18.8 Å². The number of carbonyl (C=O) groups is 1. The van der Waals surface area contributed by atoms with Crippen LogP contribution in [0.5, 0.6) is 5.75 Å². The predicted molar refractivity (Wildman–Crippen MR) is 63.5 cm³/mol. The lowest BCUT2D eigenvalue weighted by Gasteiger charge is -2.09. The van der Waals surface area contributed by atoms with Crippen LogP contribution in [0, 0.1) is 0 Å². The van der Waals surface area contributed by atoms with Gasteiger partial charge < -0.3 is 14.9 Å². The first-order valence-electron chi connectivity index (χ1n) is 5.22. The van der Waals surface area contributed by atoms with Crippen molar-refractivity contribution in [3.63, 3.8) is 0 Å². The summed E-state index contributed by atoms with van der Waals surface area (Å²) >= 11 is 0. The third-order valence-corrected chi connectivity index (χ3v) is 2.42. The molecule has 0 spiro atoms. The highest BCUT2D eigenvalue weighted by Crippen LogP contribution is 2.27. The molecule has 4 heteroatoms. The molecule has 0 aliphatic carbocycles. The van der Waals surface area contributed by atoms with Gasteiger partial charge in [0.1, 0.15) is 12.4 Å². The largest absolute Gasteiger partial charge is 0.491 e. The zero-order chi connectivity index (χ0) is 12.3. The molecule has 0 fully saturated rings. The van der Waals surface area contributed by atoms with Crippen LogP contribution in [0.1, 0.15) is 10.4 Å². The molecule has 0 heterocycles. The number of carboxylic acids is 1. The number of carboxylic acid groups (broad SMARTS) is 1. The number of hydrogen-bond acceptors (Lipinski definition) is 3. The summed E-state index contributed by atoms with van der Waals surface area (Å²) in [7, 11) is 0. The van der Waals surface area contributed by atoms with Crippen molar-refractivity contribution in [3.05, 3.63) is 42.0 Å². The minimum atomic E-state index is -0.996. The van der Waals surface area contributed by atoms with Crippen LogP contribution < -0.4 is 4.74 Å². The van der Waals surface area contributed by atoms with Gasteiger partial charge in [0.05, 0.1) is 12.2 Å². The van der Waals surface area contributed by atoms with E-state index in [1.807, 2.05) is 24.3 Å². The van der Waals surface area contributed by atoms with Crippen LogP contribution in [0.2, 0.25) is 0 Å². The van der Waals surface area contributed by atoms with Crippen LogP contribution >= 0.6 is 0 Å². The van der Waals surface area contributed by atoms with Crippen molar-refractivity contribution in [2.75, 3.05) is 13.2 Å². The Hall–Kier alpha value is -2.07. The molecule has 0 aromatic heterocycles. The lowest BCUT2D eigenvalue weighted by atomic mass is 10.1. The zero-order valence-electron chi connectivity index (χ0n) is 9.09. The zero-order valence-corrected chi connectivity index (χ0v) is 9.09. The Bertz CT molecular complexity index is 548. The Morgan fingerprint density at radius 1 is 1.24 bits per heavy atom. The topological polar surface area (TPSA) is 66.8 Å². The molecule has 88 valence electrons. The Kier molecular flexibility index (Phi) is 3.25. The van der Waals surface area contributed by atoms with Crippen molar-refractivity contribution in [2.24, 2.45) is 0 Å². The van der Waals surface area contributed by atoms with Gasteiger partial charge in [0.15, 0.2) is 0 Å². The van der Waals surface area contributed by atoms with E-state index in [1.165, 1.54) is 6.07 Å². The third kappa shape index (κ3) is 2.37. The summed E-state index contributed by atoms with van der Waals surface area (Å²) in [6.45, 7) is 0.0404. The molecule has 2 aromatic rings. The van der Waals surface area contributed by atoms with Crippen LogP contribution in [0.4, 0.5) is 0 Å². The van der Waals surface area contributed by atoms with E-state index in [2.05, 4.69) is 0 Å². The van der Waals surface area contributed by atoms with E-state index in [0.717, 1.165) is 10.8 Å². The number of benzene rings is 2. The normalized spacial score (nSPS) is 10.4. The molecular formula is C13H12O4. The van der Waals surface area contributed by atoms with Gasteiger partial charge in [-0.1, -0.05) is 24.3 Å². The number of rotatable bonds is 4. The smallest absolute Gasteiger partial charge is 0.335 e. The number of ether oxygens (including phenoxy) is 1. The van der Waals surface area contributed by atoms with Gasteiger partial charge in [-0.05, 0) is 17.5 Å². The highest BCUT2D eigenvalue weighted by atomic mass is 16.5. The van der Waals surface area contributed by atoms with Crippen molar-refractivity contribution < 1.29 is 19.7 Å². The summed E-state index contributed by atoms with van der Waals surface area (Å²) in [5, 5.41) is 19.4. The Balaban J connectivity index is 2.56. The molecule has 0 amide bonds. The van der Waals surface area contributed by atoms with Crippen molar-refractivity contribution in [1.29, 1.82) is 0 Å². The number of aliphatic hydroxyl groups is 1. The van der Waals surface area contributed by atoms with Gasteiger partial charge in [-0.3, -0.25) is 0 Å². The molecule has 0 unspecified atom stereocenters. The molecule has 0 atom stereocenters. The average Bonchev–Trinajstić information content (AvgIpc) is 2.35. The van der Waals surface area contributed by atoms with E-state index < -0.39 is 5.97 Å². The van der Waals surface area contributed by atoms with E-state index in [1.54, 1.807) is 6.07 Å². The van der Waals surface area contributed by atoms with E-state index in [0.29, 0.717) is 5.75 Å². The maximum Gasteiger partial charge on any atom is 0.335 e. The molecule has 0 saturated heterocycles. The minimum Gasteiger partial charge on any atom is -0.491 e. The Morgan fingerprint density at radius 3 is 2.71 bits per heavy atom. The van der Waals surface area contributed by atoms with Gasteiger partial charge in [-0.2, -0.15) is 0 Å². The maximum atomic E-state index is 11.0. The predicted octanol–water partition coefficient (Wildman–Crippen LogP) is 1.91. The second kappa shape index (κ2) is 4.84. The van der Waals surface area contributed by atoms with Gasteiger partial charge in [0.2, 0.25) is 0 Å². The van der Waals surface area contributed by atoms with Crippen LogP contribution in [0.3, 0.4) is 0 Å². The molecule has 0 aliphatic rings. The molecule has 0 bridgehead atoms. The fourth-order valence-corrected chi connectivity index (χ4v) is 1.67. The van der Waals surface area contributed by atoms with Gasteiger partial charge in [0, 0.05) is 5.39 Å². The fraction of sp³-hybridized carbons (Fsp3) is 0.154. The quantitative estimate of drug-likeness (QED) is 0.845. The highest BCUT2D eigenvalue weighted by Gasteiger charge is 2.09. The van der Waals surface area contributed by atoms with Gasteiger partial charge in [-0.15, -0.1) is 0 Å². The first kappa shape index (κ1) is 11.4. The van der Waals surface area contributed by atoms with Gasteiger partial charge in [-0.25, -0.2) is 4.79 Å². The Labute approximate surface area is 98.1 Å². The van der Waals surface area contributed by atoms with Gasteiger partial charge >= 0.3 is 5.97 Å². The minimum absolute atomic E-state index is 0.106. The van der Waals surface area contributed by atoms with Crippen LogP contribution in [0.25, 0.3) is 10.8 Å². The van der Waals surface area contributed by atoms with Crippen molar-refractivity contribution in [2.45, 2.75) is 0 Å². The maximum absolute atomic E-state index is 11.0. The molecule has 17 heavy (non-hydrogen) atoms. The molecular weight excluding hydrogens is 220 g/mol. The highest BCUT2D eigenvalue weighted by molar-refractivity contribution is 5.97.